The number of hydrogen-bond donors (Lipinski definition) is 4. The number of thioether (sulfide) groups is 1. The summed E-state index contributed by atoms with van der Waals surface area (Å²) in [5.41, 5.74) is -3.01. The highest BCUT2D eigenvalue weighted by molar-refractivity contribution is 8.00. The van der Waals surface area contributed by atoms with Crippen LogP contribution in [0.2, 0.25) is 0 Å². The largest absolute Gasteiger partial charge is 0.381 e. The first-order valence-corrected chi connectivity index (χ1v) is 27.8. The maximum absolute atomic E-state index is 11.5. The van der Waals surface area contributed by atoms with Crippen LogP contribution in [-0.2, 0) is 59.8 Å². The minimum Gasteiger partial charge on any atom is -0.381 e. The fourth-order valence-electron chi connectivity index (χ4n) is 3.41. The first-order valence-electron chi connectivity index (χ1n) is 15.7. The van der Waals surface area contributed by atoms with E-state index in [2.05, 4.69) is 0 Å². The van der Waals surface area contributed by atoms with Crippen molar-refractivity contribution >= 4 is 156 Å². The average Bonchev–Trinajstić information content (AvgIpc) is 2.99. The minimum absolute atomic E-state index is 0.0934. The Morgan fingerprint density at radius 1 is 0.603 bits per heavy atom. The van der Waals surface area contributed by atoms with E-state index in [1.807, 2.05) is 13.8 Å². The van der Waals surface area contributed by atoms with Crippen LogP contribution >= 0.6 is 106 Å². The van der Waals surface area contributed by atoms with Crippen molar-refractivity contribution in [3.8, 4) is 0 Å². The van der Waals surface area contributed by atoms with Crippen LogP contribution in [0.25, 0.3) is 0 Å². The molecule has 34 heteroatoms. The van der Waals surface area contributed by atoms with Gasteiger partial charge in [-0.15, -0.1) is 15.8 Å². The van der Waals surface area contributed by atoms with Crippen molar-refractivity contribution in [2.75, 3.05) is 72.5 Å². The quantitative estimate of drug-likeness (QED) is 0.0669. The molecule has 0 amide bonds. The highest BCUT2D eigenvalue weighted by Gasteiger charge is 2.41. The lowest BCUT2D eigenvalue weighted by molar-refractivity contribution is 0.0359. The van der Waals surface area contributed by atoms with Gasteiger partial charge in [0.15, 0.2) is 9.84 Å². The Balaban J connectivity index is -0.000000696. The molecule has 1 fully saturated rings. The van der Waals surface area contributed by atoms with Gasteiger partial charge >= 0.3 is 0 Å². The zero-order chi connectivity index (χ0) is 46.8. The number of rotatable bonds is 21. The second-order valence-corrected chi connectivity index (χ2v) is 26.8. The van der Waals surface area contributed by atoms with Crippen molar-refractivity contribution in [1.82, 2.24) is 15.8 Å². The van der Waals surface area contributed by atoms with E-state index in [4.69, 9.17) is 122 Å². The smallest absolute Gasteiger partial charge is 0.267 e. The summed E-state index contributed by atoms with van der Waals surface area (Å²) >= 11 is 45.5. The third-order valence-corrected chi connectivity index (χ3v) is 17.1. The molecule has 354 valence electrons. The summed E-state index contributed by atoms with van der Waals surface area (Å²) in [6.07, 6.45) is 0.750. The number of sulfone groups is 1. The van der Waals surface area contributed by atoms with E-state index in [1.165, 1.54) is 25.6 Å². The Kier molecular flexibility index (Phi) is 30.5. The van der Waals surface area contributed by atoms with Gasteiger partial charge in [-0.05, 0) is 149 Å². The van der Waals surface area contributed by atoms with Crippen molar-refractivity contribution in [2.45, 2.75) is 76.5 Å². The van der Waals surface area contributed by atoms with Crippen molar-refractivity contribution in [2.24, 2.45) is 0 Å². The molecule has 1 aliphatic rings. The fourth-order valence-corrected chi connectivity index (χ4v) is 11.4. The normalized spacial score (nSPS) is 16.0. The molecule has 0 saturated carbocycles. The molecule has 4 N–H and O–H groups in total. The van der Waals surface area contributed by atoms with Gasteiger partial charge in [-0.25, -0.2) is 8.42 Å². The van der Waals surface area contributed by atoms with Crippen LogP contribution in [-0.4, -0.2) is 171 Å². The summed E-state index contributed by atoms with van der Waals surface area (Å²) < 4.78 is 154. The molecule has 0 radical (unpaired) electrons. The Bertz CT molecular complexity index is 1700. The minimum atomic E-state index is -4.29. The molecule has 0 aliphatic carbocycles. The van der Waals surface area contributed by atoms with Gasteiger partial charge in [-0.1, -0.05) is 0 Å². The van der Waals surface area contributed by atoms with E-state index in [0.717, 1.165) is 11.8 Å². The Hall–Kier alpha value is 2.02. The van der Waals surface area contributed by atoms with Crippen molar-refractivity contribution in [1.29, 1.82) is 0 Å². The van der Waals surface area contributed by atoms with Crippen LogP contribution < -0.4 is 0 Å². The van der Waals surface area contributed by atoms with E-state index < -0.39 is 101 Å². The predicted octanol–water partition coefficient (Wildman–Crippen LogP) is 4.98. The van der Waals surface area contributed by atoms with E-state index in [0.29, 0.717) is 41.5 Å². The number of ether oxygens (including phenoxy) is 2. The van der Waals surface area contributed by atoms with Crippen LogP contribution in [0.3, 0.4) is 0 Å². The Labute approximate surface area is 387 Å². The molecule has 0 aromatic heterocycles. The lowest BCUT2D eigenvalue weighted by Gasteiger charge is -2.37. The number of hydrogen-bond acceptors (Lipinski definition) is 17. The fraction of sp³-hybridized carbons (Fsp3) is 1.00. The number of halogens is 8. The van der Waals surface area contributed by atoms with Gasteiger partial charge in [-0.2, -0.15) is 45.4 Å². The summed E-state index contributed by atoms with van der Waals surface area (Å²) in [5, 5.41) is 0. The van der Waals surface area contributed by atoms with E-state index in [-0.39, 0.29) is 19.0 Å². The summed E-state index contributed by atoms with van der Waals surface area (Å²) in [7, 11) is -19.9. The molecule has 1 rings (SSSR count). The van der Waals surface area contributed by atoms with Gasteiger partial charge < -0.3 is 9.47 Å². The molecule has 1 heterocycles. The average molecular weight is 1130 g/mol. The summed E-state index contributed by atoms with van der Waals surface area (Å²) in [6, 6.07) is 0. The zero-order valence-electron chi connectivity index (χ0n) is 31.8. The lowest BCUT2D eigenvalue weighted by Crippen LogP contribution is -2.49. The molecule has 1 aliphatic heterocycles. The molecule has 0 spiro atoms. The molecule has 58 heavy (non-hydrogen) atoms. The second-order valence-electron chi connectivity index (χ2n) is 14.0. The third-order valence-electron chi connectivity index (χ3n) is 6.71. The van der Waals surface area contributed by atoms with Crippen LogP contribution in [0, 0.1) is 0 Å². The maximum Gasteiger partial charge on any atom is 0.267 e. The maximum atomic E-state index is 11.5. The topological polar surface area (TPSA) is 283 Å². The molecule has 0 aromatic carbocycles. The molecular formula is C24H50Cl8N4O16S6. The molecule has 0 atom stereocenters. The van der Waals surface area contributed by atoms with E-state index >= 15 is 0 Å². The Morgan fingerprint density at radius 3 is 1.36 bits per heavy atom. The monoisotopic (exact) mass is 1120 g/mol. The molecule has 1 saturated heterocycles. The van der Waals surface area contributed by atoms with Gasteiger partial charge in [-0.3, -0.25) is 18.2 Å². The van der Waals surface area contributed by atoms with Crippen LogP contribution in [0.1, 0.15) is 54.4 Å². The standard InChI is InChI=1S/C6H13Cl2NO5S2.C6H11Cl2NO4S.C6H13Cl2NO4S.C6H13Cl2NO3S2/c1-6(2,9(7)8)5-15(10,11)3-4-16(12,13)14;7-9(8)6(5-14(10,11)12)1-3-13-4-2-6;2*1-6(2,9(7)8)5-13-3-4-14(10,11)12/h3-5H2,1-2H3,(H,12,13,14);1-5H2,(H,10,11,12);2*3-5H2,1-2H3,(H,10,11,12). The Morgan fingerprint density at radius 2 is 1.02 bits per heavy atom. The van der Waals surface area contributed by atoms with E-state index in [1.54, 1.807) is 13.8 Å². The van der Waals surface area contributed by atoms with Gasteiger partial charge in [0.2, 0.25) is 0 Å². The van der Waals surface area contributed by atoms with Gasteiger partial charge in [0, 0.05) is 24.7 Å². The van der Waals surface area contributed by atoms with Crippen molar-refractivity contribution in [3.05, 3.63) is 0 Å². The molecule has 0 bridgehead atoms. The molecule has 0 unspecified atom stereocenters. The highest BCUT2D eigenvalue weighted by Crippen LogP contribution is 2.32. The van der Waals surface area contributed by atoms with Gasteiger partial charge in [0.25, 0.3) is 40.5 Å². The van der Waals surface area contributed by atoms with Crippen LogP contribution in [0.4, 0.5) is 0 Å². The SMILES string of the molecule is CC(C)(COCCS(=O)(=O)O)N(Cl)Cl.CC(C)(CS(=O)(=O)CCS(=O)(=O)O)N(Cl)Cl.CC(C)(CSCCS(=O)(=O)O)N(Cl)Cl.O=S(=O)(O)CC1(N(Cl)Cl)CCOCC1. The summed E-state index contributed by atoms with van der Waals surface area (Å²) in [4.78, 5) is 0. The highest BCUT2D eigenvalue weighted by atomic mass is 35.6. The molecule has 0 aromatic rings. The first-order chi connectivity index (χ1) is 25.5. The molecular weight excluding hydrogens is 1080 g/mol. The predicted molar refractivity (Wildman–Crippen MR) is 232 cm³/mol. The van der Waals surface area contributed by atoms with Gasteiger partial charge in [0.05, 0.1) is 69.9 Å². The number of nitrogens with zero attached hydrogens (tertiary/aromatic N) is 4. The second kappa shape index (κ2) is 27.5. The van der Waals surface area contributed by atoms with Crippen molar-refractivity contribution in [3.63, 3.8) is 0 Å². The first kappa shape index (κ1) is 64.3. The van der Waals surface area contributed by atoms with E-state index in [9.17, 15) is 42.1 Å². The summed E-state index contributed by atoms with van der Waals surface area (Å²) in [5.74, 6) is -2.18. The van der Waals surface area contributed by atoms with Crippen LogP contribution in [0.5, 0.6) is 0 Å². The molecule has 20 nitrogen and oxygen atoms in total. The third kappa shape index (κ3) is 35.4. The van der Waals surface area contributed by atoms with Gasteiger partial charge in [0.1, 0.15) is 0 Å². The zero-order valence-corrected chi connectivity index (χ0v) is 42.8. The lowest BCUT2D eigenvalue weighted by atomic mass is 9.94. The summed E-state index contributed by atoms with van der Waals surface area (Å²) in [6.45, 7) is 10.9. The van der Waals surface area contributed by atoms with Crippen LogP contribution in [0.15, 0.2) is 0 Å². The van der Waals surface area contributed by atoms with Crippen molar-refractivity contribution < 1.29 is 69.8 Å².